The third kappa shape index (κ3) is 2.14. The van der Waals surface area contributed by atoms with E-state index in [2.05, 4.69) is 15.0 Å². The molecule has 2 N–H and O–H groups in total. The maximum absolute atomic E-state index is 10.3. The average molecular weight is 296 g/mol. The Bertz CT molecular complexity index is 633. The molecule has 4 atom stereocenters. The molecule has 2 aromatic rings. The first kappa shape index (κ1) is 14.1. The maximum atomic E-state index is 10.3. The van der Waals surface area contributed by atoms with Gasteiger partial charge in [0.05, 0.1) is 20.0 Å². The van der Waals surface area contributed by atoms with Crippen LogP contribution in [-0.2, 0) is 9.47 Å². The summed E-state index contributed by atoms with van der Waals surface area (Å²) in [6.07, 6.45) is -0.111. The van der Waals surface area contributed by atoms with E-state index in [9.17, 15) is 10.2 Å². The average Bonchev–Trinajstić information content (AvgIpc) is 3.07. The molecule has 9 heteroatoms. The maximum Gasteiger partial charge on any atom is 0.245 e. The van der Waals surface area contributed by atoms with Gasteiger partial charge in [-0.2, -0.15) is 4.98 Å². The van der Waals surface area contributed by atoms with Crippen molar-refractivity contribution in [3.05, 3.63) is 12.7 Å². The van der Waals surface area contributed by atoms with Crippen molar-refractivity contribution in [3.63, 3.8) is 0 Å². The first-order valence-electron chi connectivity index (χ1n) is 6.40. The second kappa shape index (κ2) is 5.53. The van der Waals surface area contributed by atoms with Gasteiger partial charge in [0.25, 0.3) is 0 Å². The lowest BCUT2D eigenvalue weighted by molar-refractivity contribution is -0.0535. The Morgan fingerprint density at radius 3 is 2.76 bits per heavy atom. The Labute approximate surface area is 120 Å². The van der Waals surface area contributed by atoms with Crippen molar-refractivity contribution in [1.29, 1.82) is 0 Å². The van der Waals surface area contributed by atoms with Gasteiger partial charge < -0.3 is 24.4 Å². The highest BCUT2D eigenvalue weighted by atomic mass is 16.6. The highest BCUT2D eigenvalue weighted by Crippen LogP contribution is 2.33. The van der Waals surface area contributed by atoms with Crippen molar-refractivity contribution in [2.45, 2.75) is 24.5 Å². The summed E-state index contributed by atoms with van der Waals surface area (Å²) in [5.74, 6) is 0.341. The summed E-state index contributed by atoms with van der Waals surface area (Å²) in [5, 5.41) is 19.6. The fourth-order valence-electron chi connectivity index (χ4n) is 2.55. The van der Waals surface area contributed by atoms with Crippen LogP contribution < -0.4 is 4.74 Å². The van der Waals surface area contributed by atoms with E-state index < -0.39 is 24.5 Å². The standard InChI is InChI=1S/C12H16N4O5/c1-19-9-6(3-17)21-12(8(9)18)16-5-15-7-10(16)13-4-14-11(7)20-2/h4-6,8-9,12,17-18H,3H2,1-2H3/t6-,8-,9-,12-/m1/s1. The molecule has 1 aliphatic heterocycles. The molecular formula is C12H16N4O5. The monoisotopic (exact) mass is 296 g/mol. The number of ether oxygens (including phenoxy) is 3. The van der Waals surface area contributed by atoms with Crippen molar-refractivity contribution in [1.82, 2.24) is 19.5 Å². The smallest absolute Gasteiger partial charge is 0.245 e. The minimum atomic E-state index is -0.953. The van der Waals surface area contributed by atoms with Crippen LogP contribution in [0.4, 0.5) is 0 Å². The Balaban J connectivity index is 2.01. The van der Waals surface area contributed by atoms with Gasteiger partial charge in [0.15, 0.2) is 17.4 Å². The molecule has 0 amide bonds. The SMILES string of the molecule is COc1ncnc2c1ncn2[C@@H]1O[C@H](CO)[C@@H](OC)[C@H]1O. The minimum Gasteiger partial charge on any atom is -0.479 e. The quantitative estimate of drug-likeness (QED) is 0.746. The summed E-state index contributed by atoms with van der Waals surface area (Å²) in [5.41, 5.74) is 0.941. The predicted molar refractivity (Wildman–Crippen MR) is 69.7 cm³/mol. The molecule has 1 aliphatic rings. The van der Waals surface area contributed by atoms with Crippen LogP contribution in [0.3, 0.4) is 0 Å². The molecule has 1 fully saturated rings. The van der Waals surface area contributed by atoms with Gasteiger partial charge in [-0.1, -0.05) is 0 Å². The van der Waals surface area contributed by atoms with Crippen LogP contribution in [0.1, 0.15) is 6.23 Å². The summed E-state index contributed by atoms with van der Waals surface area (Å²) in [4.78, 5) is 12.3. The van der Waals surface area contributed by atoms with E-state index >= 15 is 0 Å². The number of imidazole rings is 1. The van der Waals surface area contributed by atoms with Crippen LogP contribution in [0.5, 0.6) is 5.88 Å². The minimum absolute atomic E-state index is 0.253. The topological polar surface area (TPSA) is 112 Å². The van der Waals surface area contributed by atoms with Crippen LogP contribution in [0.2, 0.25) is 0 Å². The van der Waals surface area contributed by atoms with Crippen LogP contribution >= 0.6 is 0 Å². The second-order valence-corrected chi connectivity index (χ2v) is 4.65. The zero-order chi connectivity index (χ0) is 15.0. The van der Waals surface area contributed by atoms with Crippen LogP contribution in [0.15, 0.2) is 12.7 Å². The van der Waals surface area contributed by atoms with Crippen molar-refractivity contribution >= 4 is 11.2 Å². The van der Waals surface area contributed by atoms with Gasteiger partial charge in [-0.25, -0.2) is 9.97 Å². The number of aliphatic hydroxyl groups is 2. The summed E-state index contributed by atoms with van der Waals surface area (Å²) < 4.78 is 17.5. The molecule has 0 aliphatic carbocycles. The lowest BCUT2D eigenvalue weighted by Gasteiger charge is -2.17. The van der Waals surface area contributed by atoms with Crippen LogP contribution in [0, 0.1) is 0 Å². The zero-order valence-electron chi connectivity index (χ0n) is 11.6. The summed E-state index contributed by atoms with van der Waals surface area (Å²) in [7, 11) is 2.95. The van der Waals surface area contributed by atoms with Crippen LogP contribution in [-0.4, -0.2) is 68.9 Å². The lowest BCUT2D eigenvalue weighted by Crippen LogP contribution is -2.35. The highest BCUT2D eigenvalue weighted by Gasteiger charge is 2.45. The number of nitrogens with zero attached hydrogens (tertiary/aromatic N) is 4. The van der Waals surface area contributed by atoms with Crippen molar-refractivity contribution in [2.24, 2.45) is 0 Å². The molecule has 21 heavy (non-hydrogen) atoms. The van der Waals surface area contributed by atoms with E-state index in [0.29, 0.717) is 17.0 Å². The molecule has 0 radical (unpaired) electrons. The molecular weight excluding hydrogens is 280 g/mol. The van der Waals surface area contributed by atoms with Crippen molar-refractivity contribution in [2.75, 3.05) is 20.8 Å². The fraction of sp³-hybridized carbons (Fsp3) is 0.583. The number of aromatic nitrogens is 4. The number of fused-ring (bicyclic) bond motifs is 1. The Morgan fingerprint density at radius 2 is 2.14 bits per heavy atom. The van der Waals surface area contributed by atoms with E-state index in [1.807, 2.05) is 0 Å². The number of hydrogen-bond donors (Lipinski definition) is 2. The summed E-state index contributed by atoms with van der Waals surface area (Å²) in [6, 6.07) is 0. The van der Waals surface area contributed by atoms with Gasteiger partial charge >= 0.3 is 0 Å². The highest BCUT2D eigenvalue weighted by molar-refractivity contribution is 5.76. The molecule has 0 saturated carbocycles. The first-order chi connectivity index (χ1) is 10.2. The van der Waals surface area contributed by atoms with Crippen molar-refractivity contribution in [3.8, 4) is 5.88 Å². The van der Waals surface area contributed by atoms with E-state index in [4.69, 9.17) is 14.2 Å². The molecule has 9 nitrogen and oxygen atoms in total. The van der Waals surface area contributed by atoms with Gasteiger partial charge in [0.1, 0.15) is 24.6 Å². The molecule has 2 aromatic heterocycles. The fourth-order valence-corrected chi connectivity index (χ4v) is 2.55. The molecule has 0 aromatic carbocycles. The van der Waals surface area contributed by atoms with Gasteiger partial charge in [-0.15, -0.1) is 0 Å². The second-order valence-electron chi connectivity index (χ2n) is 4.65. The Kier molecular flexibility index (Phi) is 3.72. The Hall–Kier alpha value is -1.81. The predicted octanol–water partition coefficient (Wildman–Crippen LogP) is -0.900. The van der Waals surface area contributed by atoms with Crippen molar-refractivity contribution < 1.29 is 24.4 Å². The largest absolute Gasteiger partial charge is 0.479 e. The lowest BCUT2D eigenvalue weighted by atomic mass is 10.1. The third-order valence-electron chi connectivity index (χ3n) is 3.55. The van der Waals surface area contributed by atoms with Gasteiger partial charge in [0.2, 0.25) is 5.88 Å². The first-order valence-corrected chi connectivity index (χ1v) is 6.40. The normalized spacial score (nSPS) is 29.1. The molecule has 3 heterocycles. The van der Waals surface area contributed by atoms with E-state index in [-0.39, 0.29) is 6.61 Å². The third-order valence-corrected chi connectivity index (χ3v) is 3.55. The molecule has 1 saturated heterocycles. The summed E-state index contributed by atoms with van der Waals surface area (Å²) >= 11 is 0. The molecule has 3 rings (SSSR count). The van der Waals surface area contributed by atoms with Gasteiger partial charge in [-0.05, 0) is 0 Å². The van der Waals surface area contributed by atoms with Gasteiger partial charge in [0, 0.05) is 7.11 Å². The van der Waals surface area contributed by atoms with E-state index in [1.54, 1.807) is 4.57 Å². The molecule has 0 spiro atoms. The van der Waals surface area contributed by atoms with E-state index in [1.165, 1.54) is 26.9 Å². The molecule has 114 valence electrons. The number of rotatable bonds is 4. The van der Waals surface area contributed by atoms with Crippen LogP contribution in [0.25, 0.3) is 11.2 Å². The molecule has 0 bridgehead atoms. The van der Waals surface area contributed by atoms with Gasteiger partial charge in [-0.3, -0.25) is 4.57 Å². The zero-order valence-corrected chi connectivity index (χ0v) is 11.6. The number of methoxy groups -OCH3 is 2. The molecule has 0 unspecified atom stereocenters. The Morgan fingerprint density at radius 1 is 1.33 bits per heavy atom. The van der Waals surface area contributed by atoms with E-state index in [0.717, 1.165) is 0 Å². The number of aliphatic hydroxyl groups excluding tert-OH is 2. The summed E-state index contributed by atoms with van der Waals surface area (Å²) in [6.45, 7) is -0.253. The number of hydrogen-bond acceptors (Lipinski definition) is 8.